The first-order valence-corrected chi connectivity index (χ1v) is 9.61. The molecule has 2 rings (SSSR count). The van der Waals surface area contributed by atoms with Crippen LogP contribution in [0.25, 0.3) is 0 Å². The molecule has 2 N–H and O–H groups in total. The lowest BCUT2D eigenvalue weighted by Gasteiger charge is -2.32. The molecule has 0 unspecified atom stereocenters. The molecule has 0 aliphatic carbocycles. The Morgan fingerprint density at radius 3 is 2.50 bits per heavy atom. The van der Waals surface area contributed by atoms with Crippen LogP contribution in [0.15, 0.2) is 18.2 Å². The van der Waals surface area contributed by atoms with E-state index in [1.54, 1.807) is 18.2 Å². The van der Waals surface area contributed by atoms with Gasteiger partial charge in [0.25, 0.3) is 16.1 Å². The number of piperazine rings is 1. The van der Waals surface area contributed by atoms with Crippen LogP contribution in [-0.2, 0) is 15.0 Å². The van der Waals surface area contributed by atoms with Crippen molar-refractivity contribution in [3.63, 3.8) is 0 Å². The zero-order chi connectivity index (χ0) is 17.9. The van der Waals surface area contributed by atoms with E-state index in [9.17, 15) is 13.2 Å². The number of benzene rings is 1. The molecule has 10 heteroatoms. The smallest absolute Gasteiger partial charge is 0.281 e. The number of nitrogens with one attached hydrogen (secondary N) is 2. The second-order valence-corrected chi connectivity index (χ2v) is 8.77. The number of hydrogen-bond donors (Lipinski definition) is 2. The number of hydrogen-bond acceptors (Lipinski definition) is 3. The van der Waals surface area contributed by atoms with Crippen molar-refractivity contribution in [3.8, 4) is 0 Å². The second-order valence-electron chi connectivity index (χ2n) is 5.79. The van der Waals surface area contributed by atoms with E-state index in [2.05, 4.69) is 5.32 Å². The first-order valence-electron chi connectivity index (χ1n) is 7.46. The summed E-state index contributed by atoms with van der Waals surface area (Å²) in [5.41, 5.74) is 0.474. The molecule has 0 radical (unpaired) electrons. The molecule has 0 bridgehead atoms. The van der Waals surface area contributed by atoms with Crippen molar-refractivity contribution >= 4 is 45.0 Å². The molecule has 1 aliphatic rings. The average molecular weight is 396 g/mol. The zero-order valence-corrected chi connectivity index (χ0v) is 15.9. The van der Waals surface area contributed by atoms with Crippen LogP contribution < -0.4 is 10.2 Å². The first kappa shape index (κ1) is 19.4. The van der Waals surface area contributed by atoms with Crippen LogP contribution in [0.5, 0.6) is 0 Å². The Labute approximate surface area is 152 Å². The van der Waals surface area contributed by atoms with Gasteiger partial charge in [-0.05, 0) is 18.2 Å². The normalized spacial score (nSPS) is 17.2. The van der Waals surface area contributed by atoms with E-state index in [4.69, 9.17) is 23.2 Å². The molecule has 0 atom stereocenters. The highest BCUT2D eigenvalue weighted by molar-refractivity contribution is 7.86. The number of quaternary nitrogens is 1. The molecule has 0 aromatic heterocycles. The van der Waals surface area contributed by atoms with Crippen LogP contribution in [0.1, 0.15) is 0 Å². The van der Waals surface area contributed by atoms with E-state index < -0.39 is 10.2 Å². The Morgan fingerprint density at radius 1 is 1.29 bits per heavy atom. The number of carbonyl (C=O) groups is 1. The van der Waals surface area contributed by atoms with Gasteiger partial charge in [0.2, 0.25) is 0 Å². The predicted octanol–water partition coefficient (Wildman–Crippen LogP) is -0.0612. The molecule has 134 valence electrons. The monoisotopic (exact) mass is 395 g/mol. The first-order chi connectivity index (χ1) is 11.2. The van der Waals surface area contributed by atoms with E-state index in [0.717, 1.165) is 4.90 Å². The number of anilines is 1. The maximum Gasteiger partial charge on any atom is 0.281 e. The number of carbonyl (C=O) groups excluding carboxylic acids is 1. The average Bonchev–Trinajstić information content (AvgIpc) is 2.51. The van der Waals surface area contributed by atoms with Crippen molar-refractivity contribution < 1.29 is 18.1 Å². The summed E-state index contributed by atoms with van der Waals surface area (Å²) < 4.78 is 26.8. The summed E-state index contributed by atoms with van der Waals surface area (Å²) in [5, 5.41) is 3.65. The number of nitrogens with zero attached hydrogens (tertiary/aromatic N) is 2. The predicted molar refractivity (Wildman–Crippen MR) is 94.8 cm³/mol. The van der Waals surface area contributed by atoms with Gasteiger partial charge < -0.3 is 10.2 Å². The maximum atomic E-state index is 12.2. The number of amides is 1. The third kappa shape index (κ3) is 4.81. The fourth-order valence-electron chi connectivity index (χ4n) is 2.46. The lowest BCUT2D eigenvalue weighted by molar-refractivity contribution is -0.895. The van der Waals surface area contributed by atoms with Gasteiger partial charge in [0.05, 0.1) is 36.9 Å². The lowest BCUT2D eigenvalue weighted by atomic mass is 10.3. The third-order valence-electron chi connectivity index (χ3n) is 3.83. The van der Waals surface area contributed by atoms with E-state index in [1.807, 2.05) is 0 Å². The Morgan fingerprint density at radius 2 is 1.92 bits per heavy atom. The van der Waals surface area contributed by atoms with Gasteiger partial charge >= 0.3 is 0 Å². The summed E-state index contributed by atoms with van der Waals surface area (Å²) in [4.78, 5) is 13.2. The fraction of sp³-hybridized carbons (Fsp3) is 0.500. The third-order valence-corrected chi connectivity index (χ3v) is 6.34. The highest BCUT2D eigenvalue weighted by atomic mass is 35.5. The number of rotatable bonds is 5. The molecular formula is C14H21Cl2N4O3S+. The minimum Gasteiger partial charge on any atom is -0.325 e. The van der Waals surface area contributed by atoms with E-state index >= 15 is 0 Å². The molecule has 1 aromatic rings. The van der Waals surface area contributed by atoms with Crippen molar-refractivity contribution in [1.82, 2.24) is 8.61 Å². The summed E-state index contributed by atoms with van der Waals surface area (Å²) in [6, 6.07) is 4.87. The van der Waals surface area contributed by atoms with Crippen LogP contribution in [0.4, 0.5) is 5.69 Å². The molecule has 0 saturated carbocycles. The largest absolute Gasteiger partial charge is 0.325 e. The summed E-state index contributed by atoms with van der Waals surface area (Å²) in [7, 11) is -0.369. The van der Waals surface area contributed by atoms with E-state index in [1.165, 1.54) is 22.7 Å². The van der Waals surface area contributed by atoms with Gasteiger partial charge in [0, 0.05) is 19.1 Å². The minimum absolute atomic E-state index is 0.182. The van der Waals surface area contributed by atoms with Crippen LogP contribution in [0, 0.1) is 0 Å². The van der Waals surface area contributed by atoms with Crippen LogP contribution >= 0.6 is 23.2 Å². The van der Waals surface area contributed by atoms with E-state index in [0.29, 0.717) is 41.9 Å². The molecular weight excluding hydrogens is 375 g/mol. The van der Waals surface area contributed by atoms with Crippen LogP contribution in [0.2, 0.25) is 10.0 Å². The van der Waals surface area contributed by atoms with Gasteiger partial charge in [0.1, 0.15) is 0 Å². The molecule has 1 saturated heterocycles. The van der Waals surface area contributed by atoms with Crippen molar-refractivity contribution in [2.75, 3.05) is 52.1 Å². The fourth-order valence-corrected chi connectivity index (χ4v) is 3.90. The van der Waals surface area contributed by atoms with Crippen molar-refractivity contribution in [2.24, 2.45) is 0 Å². The SMILES string of the molecule is CN(C)S(=O)(=O)N1CC[NH+](CC(=O)Nc2cc(Cl)ccc2Cl)CC1. The molecule has 1 heterocycles. The van der Waals surface area contributed by atoms with Gasteiger partial charge in [-0.15, -0.1) is 0 Å². The molecule has 1 aliphatic heterocycles. The van der Waals surface area contributed by atoms with Crippen LogP contribution in [0.3, 0.4) is 0 Å². The number of halogens is 2. The topological polar surface area (TPSA) is 74.2 Å². The molecule has 1 aromatic carbocycles. The lowest BCUT2D eigenvalue weighted by Crippen LogP contribution is -3.15. The van der Waals surface area contributed by atoms with Gasteiger partial charge in [-0.2, -0.15) is 17.0 Å². The highest BCUT2D eigenvalue weighted by Gasteiger charge is 2.31. The Bertz CT molecular complexity index is 704. The second kappa shape index (κ2) is 7.99. The summed E-state index contributed by atoms with van der Waals surface area (Å²) in [5.74, 6) is -0.182. The van der Waals surface area contributed by atoms with Gasteiger partial charge in [-0.1, -0.05) is 23.2 Å². The Hall–Kier alpha value is -0.900. The Balaban J connectivity index is 1.88. The molecule has 1 fully saturated rings. The molecule has 7 nitrogen and oxygen atoms in total. The van der Waals surface area contributed by atoms with Crippen molar-refractivity contribution in [2.45, 2.75) is 0 Å². The molecule has 24 heavy (non-hydrogen) atoms. The Kier molecular flexibility index (Phi) is 6.46. The van der Waals surface area contributed by atoms with Gasteiger partial charge in [0.15, 0.2) is 6.54 Å². The quantitative estimate of drug-likeness (QED) is 0.733. The molecule has 1 amide bonds. The van der Waals surface area contributed by atoms with Gasteiger partial charge in [-0.3, -0.25) is 4.79 Å². The van der Waals surface area contributed by atoms with Crippen molar-refractivity contribution in [1.29, 1.82) is 0 Å². The minimum atomic E-state index is -3.39. The standard InChI is InChI=1S/C14H20Cl2N4O3S/c1-18(2)24(22,23)20-7-5-19(6-8-20)10-14(21)17-13-9-11(15)3-4-12(13)16/h3-4,9H,5-8,10H2,1-2H3,(H,17,21)/p+1. The summed E-state index contributed by atoms with van der Waals surface area (Å²) in [6.07, 6.45) is 0. The zero-order valence-electron chi connectivity index (χ0n) is 13.6. The van der Waals surface area contributed by atoms with E-state index in [-0.39, 0.29) is 12.5 Å². The summed E-state index contributed by atoms with van der Waals surface area (Å²) in [6.45, 7) is 2.17. The molecule has 0 spiro atoms. The van der Waals surface area contributed by atoms with Gasteiger partial charge in [-0.25, -0.2) is 0 Å². The maximum absolute atomic E-state index is 12.2. The highest BCUT2D eigenvalue weighted by Crippen LogP contribution is 2.25. The summed E-state index contributed by atoms with van der Waals surface area (Å²) >= 11 is 11.9. The van der Waals surface area contributed by atoms with Crippen LogP contribution in [-0.4, -0.2) is 69.8 Å². The van der Waals surface area contributed by atoms with Crippen molar-refractivity contribution in [3.05, 3.63) is 28.2 Å².